The third kappa shape index (κ3) is 3.72. The van der Waals surface area contributed by atoms with E-state index in [9.17, 15) is 4.79 Å². The fraction of sp³-hybridized carbons (Fsp3) is 0.714. The lowest BCUT2D eigenvalue weighted by molar-refractivity contribution is 0.110. The highest BCUT2D eigenvalue weighted by molar-refractivity contribution is 5.73. The minimum absolute atomic E-state index is 0.0870. The average Bonchev–Trinajstić information content (AvgIpc) is 2.97. The number of likely N-dealkylation sites (N-methyl/N-ethyl adjacent to an activating group) is 1. The molecular weight excluding hydrogens is 254 g/mol. The van der Waals surface area contributed by atoms with Gasteiger partial charge in [-0.1, -0.05) is 0 Å². The van der Waals surface area contributed by atoms with Crippen molar-refractivity contribution in [2.45, 2.75) is 25.4 Å². The highest BCUT2D eigenvalue weighted by Gasteiger charge is 2.26. The third-order valence-corrected chi connectivity index (χ3v) is 3.92. The standard InChI is InChI=1S/C14H25N5O/c1-16(2)14(20)17(3)13-6-4-8-18(12-13)10-11-19-9-5-7-15-19/h5,7,9,13H,4,6,8,10-12H2,1-3H3. The van der Waals surface area contributed by atoms with E-state index in [4.69, 9.17) is 0 Å². The molecule has 6 heteroatoms. The Morgan fingerprint density at radius 2 is 2.15 bits per heavy atom. The first-order chi connectivity index (χ1) is 9.58. The van der Waals surface area contributed by atoms with E-state index in [-0.39, 0.29) is 6.03 Å². The van der Waals surface area contributed by atoms with E-state index in [0.29, 0.717) is 6.04 Å². The second kappa shape index (κ2) is 6.74. The Kier molecular flexibility index (Phi) is 5.00. The molecule has 0 aromatic carbocycles. The lowest BCUT2D eigenvalue weighted by Crippen LogP contribution is -2.51. The summed E-state index contributed by atoms with van der Waals surface area (Å²) in [6.45, 7) is 3.96. The fourth-order valence-corrected chi connectivity index (χ4v) is 2.70. The molecule has 112 valence electrons. The van der Waals surface area contributed by atoms with Crippen molar-refractivity contribution in [3.05, 3.63) is 18.5 Å². The Morgan fingerprint density at radius 1 is 1.35 bits per heavy atom. The van der Waals surface area contributed by atoms with Gasteiger partial charge in [-0.3, -0.25) is 9.58 Å². The van der Waals surface area contributed by atoms with Crippen LogP contribution in [0.3, 0.4) is 0 Å². The first-order valence-electron chi connectivity index (χ1n) is 7.22. The number of hydrogen-bond donors (Lipinski definition) is 0. The summed E-state index contributed by atoms with van der Waals surface area (Å²) >= 11 is 0. The summed E-state index contributed by atoms with van der Waals surface area (Å²) < 4.78 is 1.96. The first-order valence-corrected chi connectivity index (χ1v) is 7.22. The topological polar surface area (TPSA) is 44.6 Å². The molecule has 2 amide bonds. The maximum Gasteiger partial charge on any atom is 0.319 e. The molecule has 0 saturated carbocycles. The molecule has 1 aliphatic heterocycles. The Bertz CT molecular complexity index is 417. The highest BCUT2D eigenvalue weighted by Crippen LogP contribution is 2.15. The number of rotatable bonds is 4. The SMILES string of the molecule is CN(C)C(=O)N(C)C1CCCN(CCn2cccn2)C1. The van der Waals surface area contributed by atoms with Gasteiger partial charge in [0.05, 0.1) is 6.54 Å². The van der Waals surface area contributed by atoms with Crippen molar-refractivity contribution >= 4 is 6.03 Å². The second-order valence-corrected chi connectivity index (χ2v) is 5.65. The molecule has 0 spiro atoms. The maximum absolute atomic E-state index is 12.0. The zero-order valence-electron chi connectivity index (χ0n) is 12.7. The van der Waals surface area contributed by atoms with Gasteiger partial charge in [-0.15, -0.1) is 0 Å². The number of nitrogens with zero attached hydrogens (tertiary/aromatic N) is 5. The van der Waals surface area contributed by atoms with E-state index in [0.717, 1.165) is 39.0 Å². The Labute approximate surface area is 120 Å². The predicted molar refractivity (Wildman–Crippen MR) is 78.5 cm³/mol. The Morgan fingerprint density at radius 3 is 2.80 bits per heavy atom. The molecule has 0 N–H and O–H groups in total. The molecule has 20 heavy (non-hydrogen) atoms. The highest BCUT2D eigenvalue weighted by atomic mass is 16.2. The van der Waals surface area contributed by atoms with Gasteiger partial charge in [0.25, 0.3) is 0 Å². The van der Waals surface area contributed by atoms with E-state index >= 15 is 0 Å². The number of aromatic nitrogens is 2. The third-order valence-electron chi connectivity index (χ3n) is 3.92. The quantitative estimate of drug-likeness (QED) is 0.824. The van der Waals surface area contributed by atoms with Crippen LogP contribution in [0.25, 0.3) is 0 Å². The van der Waals surface area contributed by atoms with E-state index < -0.39 is 0 Å². The summed E-state index contributed by atoms with van der Waals surface area (Å²) in [5, 5.41) is 4.22. The van der Waals surface area contributed by atoms with Crippen molar-refractivity contribution in [1.29, 1.82) is 0 Å². The number of carbonyl (C=O) groups excluding carboxylic acids is 1. The molecule has 2 rings (SSSR count). The van der Waals surface area contributed by atoms with Gasteiger partial charge in [0.15, 0.2) is 0 Å². The molecule has 0 bridgehead atoms. The summed E-state index contributed by atoms with van der Waals surface area (Å²) in [5.74, 6) is 0. The van der Waals surface area contributed by atoms with Crippen LogP contribution in [0.1, 0.15) is 12.8 Å². The van der Waals surface area contributed by atoms with Gasteiger partial charge in [-0.05, 0) is 25.5 Å². The van der Waals surface area contributed by atoms with Crippen LogP contribution in [0.2, 0.25) is 0 Å². The smallest absolute Gasteiger partial charge is 0.319 e. The zero-order chi connectivity index (χ0) is 14.5. The summed E-state index contributed by atoms with van der Waals surface area (Å²) in [6.07, 6.45) is 6.04. The van der Waals surface area contributed by atoms with Gasteiger partial charge in [0, 0.05) is 52.7 Å². The summed E-state index contributed by atoms with van der Waals surface area (Å²) in [5.41, 5.74) is 0. The van der Waals surface area contributed by atoms with Gasteiger partial charge in [0.1, 0.15) is 0 Å². The molecule has 0 aliphatic carbocycles. The fourth-order valence-electron chi connectivity index (χ4n) is 2.70. The van der Waals surface area contributed by atoms with Gasteiger partial charge in [-0.25, -0.2) is 4.79 Å². The molecule has 1 aliphatic rings. The van der Waals surface area contributed by atoms with Crippen LogP contribution >= 0.6 is 0 Å². The van der Waals surface area contributed by atoms with Crippen LogP contribution < -0.4 is 0 Å². The van der Waals surface area contributed by atoms with Crippen molar-refractivity contribution in [2.24, 2.45) is 0 Å². The van der Waals surface area contributed by atoms with E-state index in [2.05, 4.69) is 10.00 Å². The molecule has 6 nitrogen and oxygen atoms in total. The van der Waals surface area contributed by atoms with Crippen molar-refractivity contribution in [1.82, 2.24) is 24.5 Å². The van der Waals surface area contributed by atoms with Crippen molar-refractivity contribution < 1.29 is 4.79 Å². The number of urea groups is 1. The lowest BCUT2D eigenvalue weighted by Gasteiger charge is -2.38. The zero-order valence-corrected chi connectivity index (χ0v) is 12.7. The number of piperidine rings is 1. The largest absolute Gasteiger partial charge is 0.331 e. The first kappa shape index (κ1) is 14.8. The monoisotopic (exact) mass is 279 g/mol. The van der Waals surface area contributed by atoms with Crippen LogP contribution in [0.4, 0.5) is 4.79 Å². The second-order valence-electron chi connectivity index (χ2n) is 5.65. The van der Waals surface area contributed by atoms with Crippen LogP contribution in [-0.2, 0) is 6.54 Å². The van der Waals surface area contributed by atoms with Crippen LogP contribution in [0.15, 0.2) is 18.5 Å². The normalized spacial score (nSPS) is 19.9. The molecule has 1 atom stereocenters. The molecule has 2 heterocycles. The summed E-state index contributed by atoms with van der Waals surface area (Å²) in [4.78, 5) is 18.0. The van der Waals surface area contributed by atoms with Crippen LogP contribution in [-0.4, -0.2) is 77.3 Å². The Hall–Kier alpha value is -1.56. The number of likely N-dealkylation sites (tertiary alicyclic amines) is 1. The molecule has 0 radical (unpaired) electrons. The Balaban J connectivity index is 1.83. The van der Waals surface area contributed by atoms with E-state index in [1.165, 1.54) is 0 Å². The minimum Gasteiger partial charge on any atom is -0.331 e. The van der Waals surface area contributed by atoms with Gasteiger partial charge in [-0.2, -0.15) is 5.10 Å². The van der Waals surface area contributed by atoms with Crippen LogP contribution in [0.5, 0.6) is 0 Å². The van der Waals surface area contributed by atoms with Gasteiger partial charge >= 0.3 is 6.03 Å². The van der Waals surface area contributed by atoms with Gasteiger partial charge in [0.2, 0.25) is 0 Å². The predicted octanol–water partition coefficient (Wildman–Crippen LogP) is 0.961. The molecular formula is C14H25N5O. The molecule has 1 unspecified atom stereocenters. The lowest BCUT2D eigenvalue weighted by atomic mass is 10.0. The number of hydrogen-bond acceptors (Lipinski definition) is 3. The summed E-state index contributed by atoms with van der Waals surface area (Å²) in [7, 11) is 5.51. The van der Waals surface area contributed by atoms with Crippen molar-refractivity contribution in [3.63, 3.8) is 0 Å². The molecule has 1 aromatic heterocycles. The molecule has 1 fully saturated rings. The minimum atomic E-state index is 0.0870. The number of amides is 2. The molecule has 1 saturated heterocycles. The van der Waals surface area contributed by atoms with E-state index in [1.807, 2.05) is 35.1 Å². The molecule has 1 aromatic rings. The summed E-state index contributed by atoms with van der Waals surface area (Å²) in [6, 6.07) is 2.35. The van der Waals surface area contributed by atoms with Crippen molar-refractivity contribution in [2.75, 3.05) is 40.8 Å². The maximum atomic E-state index is 12.0. The average molecular weight is 279 g/mol. The van der Waals surface area contributed by atoms with E-state index in [1.54, 1.807) is 19.0 Å². The van der Waals surface area contributed by atoms with Crippen LogP contribution in [0, 0.1) is 0 Å². The van der Waals surface area contributed by atoms with Gasteiger partial charge < -0.3 is 9.80 Å². The van der Waals surface area contributed by atoms with Crippen molar-refractivity contribution in [3.8, 4) is 0 Å². The number of carbonyl (C=O) groups is 1.